The zero-order chi connectivity index (χ0) is 8.81. The summed E-state index contributed by atoms with van der Waals surface area (Å²) in [5.74, 6) is 0.667. The molecule has 1 saturated carbocycles. The maximum absolute atomic E-state index is 8.91. The molecule has 1 aliphatic carbocycles. The van der Waals surface area contributed by atoms with E-state index in [2.05, 4.69) is 0 Å². The van der Waals surface area contributed by atoms with Crippen molar-refractivity contribution in [3.8, 4) is 0 Å². The van der Waals surface area contributed by atoms with E-state index in [1.54, 1.807) is 0 Å². The number of ether oxygens (including phenoxy) is 1. The largest absolute Gasteiger partial charge is 0.393 e. The summed E-state index contributed by atoms with van der Waals surface area (Å²) in [5.41, 5.74) is 0. The van der Waals surface area contributed by atoms with Gasteiger partial charge >= 0.3 is 0 Å². The Morgan fingerprint density at radius 1 is 1.25 bits per heavy atom. The minimum absolute atomic E-state index is 0.0359. The molecule has 2 aliphatic rings. The number of rotatable bonds is 1. The highest BCUT2D eigenvalue weighted by Gasteiger charge is 2.19. The molecule has 1 saturated heterocycles. The van der Waals surface area contributed by atoms with Gasteiger partial charge in [-0.3, -0.25) is 0 Å². The van der Waals surface area contributed by atoms with Gasteiger partial charge in [-0.2, -0.15) is 0 Å². The van der Waals surface area contributed by atoms with Crippen LogP contribution in [0.5, 0.6) is 0 Å². The van der Waals surface area contributed by atoms with Crippen LogP contribution in [0.25, 0.3) is 0 Å². The van der Waals surface area contributed by atoms with Crippen LogP contribution < -0.4 is 0 Å². The van der Waals surface area contributed by atoms with Gasteiger partial charge in [0.25, 0.3) is 0 Å². The molecule has 3 heteroatoms. The molecule has 0 amide bonds. The van der Waals surface area contributed by atoms with Crippen molar-refractivity contribution in [1.82, 2.24) is 0 Å². The predicted molar refractivity (Wildman–Crippen MR) is 49.6 cm³/mol. The van der Waals surface area contributed by atoms with Crippen molar-refractivity contribution in [3.05, 3.63) is 0 Å². The van der Waals surface area contributed by atoms with E-state index in [1.165, 1.54) is 19.3 Å². The number of hydrogen-bond donors (Lipinski definition) is 1. The maximum atomic E-state index is 8.91. The first-order valence-electron chi connectivity index (χ1n) is 4.68. The highest BCUT2D eigenvalue weighted by Crippen LogP contribution is 2.16. The second kappa shape index (κ2) is 5.79. The summed E-state index contributed by atoms with van der Waals surface area (Å²) >= 11 is 5.27. The van der Waals surface area contributed by atoms with Gasteiger partial charge in [0, 0.05) is 0 Å². The number of epoxide rings is 1. The van der Waals surface area contributed by atoms with E-state index < -0.39 is 0 Å². The Hall–Kier alpha value is 0.210. The molecular weight excluding hydrogens is 176 g/mol. The quantitative estimate of drug-likeness (QED) is 0.509. The number of alkyl halides is 1. The third-order valence-electron chi connectivity index (χ3n) is 2.15. The summed E-state index contributed by atoms with van der Waals surface area (Å²) < 4.78 is 4.73. The van der Waals surface area contributed by atoms with Gasteiger partial charge in [-0.1, -0.05) is 19.3 Å². The minimum atomic E-state index is 0.0359. The molecule has 2 nitrogen and oxygen atoms in total. The highest BCUT2D eigenvalue weighted by atomic mass is 35.5. The zero-order valence-corrected chi connectivity index (χ0v) is 8.09. The third-order valence-corrected chi connectivity index (χ3v) is 2.49. The number of aliphatic hydroxyl groups is 1. The van der Waals surface area contributed by atoms with Gasteiger partial charge in [-0.15, -0.1) is 11.6 Å². The topological polar surface area (TPSA) is 32.8 Å². The van der Waals surface area contributed by atoms with Crippen LogP contribution in [0.3, 0.4) is 0 Å². The molecule has 0 aromatic rings. The Morgan fingerprint density at radius 3 is 2.00 bits per heavy atom. The molecule has 0 aromatic heterocycles. The summed E-state index contributed by atoms with van der Waals surface area (Å²) in [6, 6.07) is 0. The van der Waals surface area contributed by atoms with E-state index in [0.29, 0.717) is 12.0 Å². The molecule has 0 radical (unpaired) electrons. The van der Waals surface area contributed by atoms with Crippen LogP contribution in [0.2, 0.25) is 0 Å². The van der Waals surface area contributed by atoms with Crippen LogP contribution in [0, 0.1) is 0 Å². The average Bonchev–Trinajstić information content (AvgIpc) is 2.89. The second-order valence-corrected chi connectivity index (χ2v) is 3.71. The Bertz CT molecular complexity index is 109. The Kier molecular flexibility index (Phi) is 4.96. The lowest BCUT2D eigenvalue weighted by atomic mass is 9.98. The molecule has 12 heavy (non-hydrogen) atoms. The van der Waals surface area contributed by atoms with E-state index in [9.17, 15) is 0 Å². The molecule has 0 spiro atoms. The van der Waals surface area contributed by atoms with Crippen LogP contribution in [-0.4, -0.2) is 29.8 Å². The average molecular weight is 193 g/mol. The van der Waals surface area contributed by atoms with Gasteiger partial charge in [0.1, 0.15) is 0 Å². The van der Waals surface area contributed by atoms with Gasteiger partial charge in [0.2, 0.25) is 0 Å². The van der Waals surface area contributed by atoms with E-state index >= 15 is 0 Å². The smallest absolute Gasteiger partial charge is 0.0944 e. The molecule has 2 fully saturated rings. The van der Waals surface area contributed by atoms with Crippen LogP contribution in [0.15, 0.2) is 0 Å². The molecule has 1 unspecified atom stereocenters. The summed E-state index contributed by atoms with van der Waals surface area (Å²) in [6.45, 7) is 0.878. The summed E-state index contributed by atoms with van der Waals surface area (Å²) in [4.78, 5) is 0. The zero-order valence-electron chi connectivity index (χ0n) is 7.34. The molecule has 0 aromatic carbocycles. The lowest BCUT2D eigenvalue weighted by Crippen LogP contribution is -2.09. The molecule has 1 N–H and O–H groups in total. The highest BCUT2D eigenvalue weighted by molar-refractivity contribution is 6.18. The number of halogens is 1. The summed E-state index contributed by atoms with van der Waals surface area (Å²) in [6.07, 6.45) is 6.32. The molecule has 1 heterocycles. The van der Waals surface area contributed by atoms with Gasteiger partial charge in [-0.25, -0.2) is 0 Å². The molecule has 0 bridgehead atoms. The first-order chi connectivity index (χ1) is 5.83. The maximum Gasteiger partial charge on any atom is 0.0944 e. The third kappa shape index (κ3) is 4.96. The Balaban J connectivity index is 0.000000127. The van der Waals surface area contributed by atoms with Crippen LogP contribution in [0.1, 0.15) is 32.1 Å². The van der Waals surface area contributed by atoms with Gasteiger partial charge in [-0.05, 0) is 12.8 Å². The molecule has 72 valence electrons. The number of hydrogen-bond acceptors (Lipinski definition) is 2. The van der Waals surface area contributed by atoms with Crippen molar-refractivity contribution in [2.75, 3.05) is 12.5 Å². The van der Waals surface area contributed by atoms with Gasteiger partial charge in [0.05, 0.1) is 24.7 Å². The predicted octanol–water partition coefficient (Wildman–Crippen LogP) is 1.94. The van der Waals surface area contributed by atoms with E-state index in [0.717, 1.165) is 19.4 Å². The van der Waals surface area contributed by atoms with Crippen LogP contribution in [0.4, 0.5) is 0 Å². The first kappa shape index (κ1) is 10.3. The van der Waals surface area contributed by atoms with Crippen molar-refractivity contribution in [2.45, 2.75) is 44.3 Å². The van der Waals surface area contributed by atoms with Crippen LogP contribution >= 0.6 is 11.6 Å². The van der Waals surface area contributed by atoms with E-state index in [1.807, 2.05) is 0 Å². The van der Waals surface area contributed by atoms with Crippen molar-refractivity contribution >= 4 is 11.6 Å². The second-order valence-electron chi connectivity index (χ2n) is 3.40. The van der Waals surface area contributed by atoms with Gasteiger partial charge in [0.15, 0.2) is 0 Å². The monoisotopic (exact) mass is 192 g/mol. The molecular formula is C9H17ClO2. The fourth-order valence-corrected chi connectivity index (χ4v) is 1.42. The first-order valence-corrected chi connectivity index (χ1v) is 5.22. The number of aliphatic hydroxyl groups excluding tert-OH is 1. The minimum Gasteiger partial charge on any atom is -0.393 e. The lowest BCUT2D eigenvalue weighted by Gasteiger charge is -2.14. The fraction of sp³-hybridized carbons (Fsp3) is 1.00. The molecule has 1 atom stereocenters. The molecule has 2 rings (SSSR count). The van der Waals surface area contributed by atoms with Crippen LogP contribution in [-0.2, 0) is 4.74 Å². The Morgan fingerprint density at radius 2 is 1.83 bits per heavy atom. The standard InChI is InChI=1S/C6H12O.C3H5ClO/c7-6-4-2-1-3-5-6;4-1-3-2-5-3/h6-7H,1-5H2;3H,1-2H2. The van der Waals surface area contributed by atoms with E-state index in [-0.39, 0.29) is 6.10 Å². The summed E-state index contributed by atoms with van der Waals surface area (Å²) in [7, 11) is 0. The van der Waals surface area contributed by atoms with Crippen molar-refractivity contribution < 1.29 is 9.84 Å². The lowest BCUT2D eigenvalue weighted by molar-refractivity contribution is 0.130. The fourth-order valence-electron chi connectivity index (χ4n) is 1.24. The van der Waals surface area contributed by atoms with Crippen molar-refractivity contribution in [3.63, 3.8) is 0 Å². The Labute approximate surface area is 78.9 Å². The van der Waals surface area contributed by atoms with Crippen molar-refractivity contribution in [2.24, 2.45) is 0 Å². The van der Waals surface area contributed by atoms with Gasteiger partial charge < -0.3 is 9.84 Å². The normalized spacial score (nSPS) is 29.0. The van der Waals surface area contributed by atoms with Crippen molar-refractivity contribution in [1.29, 1.82) is 0 Å². The van der Waals surface area contributed by atoms with E-state index in [4.69, 9.17) is 21.4 Å². The molecule has 1 aliphatic heterocycles. The SMILES string of the molecule is ClCC1CO1.OC1CCCCC1. The summed E-state index contributed by atoms with van der Waals surface area (Å²) in [5, 5.41) is 8.91.